The summed E-state index contributed by atoms with van der Waals surface area (Å²) in [5, 5.41) is 9.10. The van der Waals surface area contributed by atoms with Crippen molar-refractivity contribution < 1.29 is 4.79 Å². The van der Waals surface area contributed by atoms with Crippen LogP contribution in [0.25, 0.3) is 0 Å². The predicted octanol–water partition coefficient (Wildman–Crippen LogP) is 2.03. The Balaban J connectivity index is 2.49. The van der Waals surface area contributed by atoms with Crippen molar-refractivity contribution in [3.8, 4) is 6.07 Å². The molecule has 3 nitrogen and oxygen atoms in total. The molecule has 0 aliphatic carbocycles. The van der Waals surface area contributed by atoms with Gasteiger partial charge in [-0.05, 0) is 25.5 Å². The molecule has 0 atom stereocenters. The number of carbonyl (C=O) groups excluding carboxylic acids is 1. The molecule has 1 fully saturated rings. The second-order valence-corrected chi connectivity index (χ2v) is 5.13. The molecule has 1 heterocycles. The maximum Gasteiger partial charge on any atom is 0.222 e. The number of nitriles is 1. The third-order valence-electron chi connectivity index (χ3n) is 2.98. The van der Waals surface area contributed by atoms with E-state index in [-0.39, 0.29) is 10.7 Å². The Morgan fingerprint density at radius 3 is 2.53 bits per heavy atom. The largest absolute Gasteiger partial charge is 0.343 e. The molecule has 1 aliphatic rings. The molecule has 0 bridgehead atoms. The highest BCUT2D eigenvalue weighted by molar-refractivity contribution is 8.00. The van der Waals surface area contributed by atoms with Crippen molar-refractivity contribution in [3.05, 3.63) is 0 Å². The molecule has 0 aromatic heterocycles. The minimum atomic E-state index is -0.247. The van der Waals surface area contributed by atoms with Crippen LogP contribution >= 0.6 is 11.8 Å². The smallest absolute Gasteiger partial charge is 0.222 e. The third kappa shape index (κ3) is 2.88. The van der Waals surface area contributed by atoms with Gasteiger partial charge in [-0.15, -0.1) is 11.8 Å². The number of piperidine rings is 1. The fourth-order valence-corrected chi connectivity index (χ4v) is 2.53. The Kier molecular flexibility index (Phi) is 4.46. The number of rotatable bonds is 3. The van der Waals surface area contributed by atoms with Crippen molar-refractivity contribution >= 4 is 17.7 Å². The van der Waals surface area contributed by atoms with Crippen LogP contribution in [0, 0.1) is 11.3 Å². The van der Waals surface area contributed by atoms with Gasteiger partial charge in [0, 0.05) is 19.5 Å². The van der Waals surface area contributed by atoms with Crippen molar-refractivity contribution in [3.63, 3.8) is 0 Å². The van der Waals surface area contributed by atoms with E-state index in [0.29, 0.717) is 6.42 Å². The van der Waals surface area contributed by atoms with E-state index in [0.717, 1.165) is 32.4 Å². The van der Waals surface area contributed by atoms with Gasteiger partial charge < -0.3 is 4.90 Å². The molecule has 15 heavy (non-hydrogen) atoms. The summed E-state index contributed by atoms with van der Waals surface area (Å²) in [5.41, 5.74) is 0. The van der Waals surface area contributed by atoms with Gasteiger partial charge in [0.1, 0.15) is 4.75 Å². The summed E-state index contributed by atoms with van der Waals surface area (Å²) in [5.74, 6) is 0.241. The van der Waals surface area contributed by atoms with Gasteiger partial charge in [0.2, 0.25) is 5.91 Å². The standard InChI is InChI=1S/C11H18N2OS/c1-3-4-10(14)13-7-5-11(9-12,15-2)6-8-13/h3-8H2,1-2H3. The van der Waals surface area contributed by atoms with Gasteiger partial charge in [0.05, 0.1) is 6.07 Å². The zero-order valence-corrected chi connectivity index (χ0v) is 10.3. The Morgan fingerprint density at radius 1 is 1.53 bits per heavy atom. The van der Waals surface area contributed by atoms with Crippen LogP contribution in [0.5, 0.6) is 0 Å². The van der Waals surface area contributed by atoms with E-state index >= 15 is 0 Å². The highest BCUT2D eigenvalue weighted by Gasteiger charge is 2.34. The van der Waals surface area contributed by atoms with Gasteiger partial charge in [0.25, 0.3) is 0 Å². The number of amides is 1. The Morgan fingerprint density at radius 2 is 2.13 bits per heavy atom. The summed E-state index contributed by atoms with van der Waals surface area (Å²) in [6.07, 6.45) is 5.13. The molecule has 0 radical (unpaired) electrons. The Bertz CT molecular complexity index is 264. The van der Waals surface area contributed by atoms with Crippen LogP contribution in [0.3, 0.4) is 0 Å². The van der Waals surface area contributed by atoms with Crippen LogP contribution in [-0.4, -0.2) is 34.9 Å². The van der Waals surface area contributed by atoms with Crippen LogP contribution in [0.1, 0.15) is 32.6 Å². The van der Waals surface area contributed by atoms with Gasteiger partial charge in [-0.2, -0.15) is 5.26 Å². The SMILES string of the molecule is CCCC(=O)N1CCC(C#N)(SC)CC1. The number of nitrogens with zero attached hydrogens (tertiary/aromatic N) is 2. The number of likely N-dealkylation sites (tertiary alicyclic amines) is 1. The molecule has 1 amide bonds. The maximum absolute atomic E-state index is 11.6. The first-order valence-electron chi connectivity index (χ1n) is 5.41. The number of hydrogen-bond donors (Lipinski definition) is 0. The lowest BCUT2D eigenvalue weighted by molar-refractivity contribution is -0.132. The molecule has 0 N–H and O–H groups in total. The topological polar surface area (TPSA) is 44.1 Å². The number of thioether (sulfide) groups is 1. The molecule has 0 aromatic carbocycles. The lowest BCUT2D eigenvalue weighted by Gasteiger charge is -2.36. The first-order chi connectivity index (χ1) is 7.17. The van der Waals surface area contributed by atoms with E-state index in [4.69, 9.17) is 5.26 Å². The van der Waals surface area contributed by atoms with Crippen LogP contribution in [-0.2, 0) is 4.79 Å². The van der Waals surface area contributed by atoms with Crippen molar-refractivity contribution in [2.75, 3.05) is 19.3 Å². The zero-order valence-electron chi connectivity index (χ0n) is 9.45. The molecule has 0 aromatic rings. The first-order valence-corrected chi connectivity index (χ1v) is 6.64. The van der Waals surface area contributed by atoms with Crippen molar-refractivity contribution in [2.45, 2.75) is 37.4 Å². The normalized spacial score (nSPS) is 19.7. The molecular formula is C11H18N2OS. The van der Waals surface area contributed by atoms with Crippen molar-refractivity contribution in [2.24, 2.45) is 0 Å². The minimum absolute atomic E-state index is 0.241. The van der Waals surface area contributed by atoms with E-state index in [1.54, 1.807) is 11.8 Å². The molecule has 1 aliphatic heterocycles. The minimum Gasteiger partial charge on any atom is -0.343 e. The summed E-state index contributed by atoms with van der Waals surface area (Å²) in [6, 6.07) is 2.38. The fourth-order valence-electron chi connectivity index (χ4n) is 1.85. The summed E-state index contributed by atoms with van der Waals surface area (Å²) >= 11 is 1.62. The molecular weight excluding hydrogens is 208 g/mol. The second-order valence-electron chi connectivity index (χ2n) is 3.94. The summed E-state index contributed by atoms with van der Waals surface area (Å²) < 4.78 is -0.247. The zero-order chi connectivity index (χ0) is 11.3. The predicted molar refractivity (Wildman–Crippen MR) is 62.6 cm³/mol. The van der Waals surface area contributed by atoms with E-state index < -0.39 is 0 Å². The van der Waals surface area contributed by atoms with Gasteiger partial charge in [-0.1, -0.05) is 6.92 Å². The Labute approximate surface area is 95.8 Å². The monoisotopic (exact) mass is 226 g/mol. The number of hydrogen-bond acceptors (Lipinski definition) is 3. The number of carbonyl (C=O) groups is 1. The lowest BCUT2D eigenvalue weighted by atomic mass is 9.97. The summed E-state index contributed by atoms with van der Waals surface area (Å²) in [7, 11) is 0. The van der Waals surface area contributed by atoms with E-state index in [1.165, 1.54) is 0 Å². The molecule has 4 heteroatoms. The Hall–Kier alpha value is -0.690. The van der Waals surface area contributed by atoms with E-state index in [2.05, 4.69) is 6.07 Å². The molecule has 1 rings (SSSR count). The maximum atomic E-state index is 11.6. The highest BCUT2D eigenvalue weighted by atomic mass is 32.2. The fraction of sp³-hybridized carbons (Fsp3) is 0.818. The quantitative estimate of drug-likeness (QED) is 0.739. The first kappa shape index (κ1) is 12.4. The van der Waals surface area contributed by atoms with Crippen LogP contribution in [0.2, 0.25) is 0 Å². The van der Waals surface area contributed by atoms with Gasteiger partial charge >= 0.3 is 0 Å². The van der Waals surface area contributed by atoms with Gasteiger partial charge in [-0.3, -0.25) is 4.79 Å². The van der Waals surface area contributed by atoms with Crippen LogP contribution < -0.4 is 0 Å². The summed E-state index contributed by atoms with van der Waals surface area (Å²) in [6.45, 7) is 3.50. The third-order valence-corrected chi connectivity index (χ3v) is 4.26. The van der Waals surface area contributed by atoms with Crippen molar-refractivity contribution in [1.29, 1.82) is 5.26 Å². The second kappa shape index (κ2) is 5.41. The lowest BCUT2D eigenvalue weighted by Crippen LogP contribution is -2.44. The molecule has 0 spiro atoms. The molecule has 1 saturated heterocycles. The molecule has 0 saturated carbocycles. The van der Waals surface area contributed by atoms with Gasteiger partial charge in [-0.25, -0.2) is 0 Å². The average molecular weight is 226 g/mol. The van der Waals surface area contributed by atoms with E-state index in [1.807, 2.05) is 18.1 Å². The van der Waals surface area contributed by atoms with Crippen LogP contribution in [0.4, 0.5) is 0 Å². The van der Waals surface area contributed by atoms with Crippen molar-refractivity contribution in [1.82, 2.24) is 4.90 Å². The molecule has 0 unspecified atom stereocenters. The van der Waals surface area contributed by atoms with Crippen LogP contribution in [0.15, 0.2) is 0 Å². The van der Waals surface area contributed by atoms with Gasteiger partial charge in [0.15, 0.2) is 0 Å². The average Bonchev–Trinajstić information content (AvgIpc) is 2.29. The molecule has 84 valence electrons. The van der Waals surface area contributed by atoms with E-state index in [9.17, 15) is 4.79 Å². The highest BCUT2D eigenvalue weighted by Crippen LogP contribution is 2.33. The summed E-state index contributed by atoms with van der Waals surface area (Å²) in [4.78, 5) is 13.5.